The highest BCUT2D eigenvalue weighted by Gasteiger charge is 2.08. The monoisotopic (exact) mass is 251 g/mol. The topological polar surface area (TPSA) is 30.5 Å². The third-order valence-corrected chi connectivity index (χ3v) is 2.93. The van der Waals surface area contributed by atoms with E-state index in [1.54, 1.807) is 0 Å². The van der Waals surface area contributed by atoms with Crippen LogP contribution < -0.4 is 10.1 Å². The number of nitrogens with one attached hydrogen (secondary N) is 1. The summed E-state index contributed by atoms with van der Waals surface area (Å²) in [6, 6.07) is 8.72. The molecule has 0 fully saturated rings. The Kier molecular flexibility index (Phi) is 7.46. The zero-order valence-electron chi connectivity index (χ0n) is 11.7. The summed E-state index contributed by atoms with van der Waals surface area (Å²) in [5, 5.41) is 3.35. The van der Waals surface area contributed by atoms with Crippen LogP contribution in [0.3, 0.4) is 0 Å². The molecule has 0 aromatic heterocycles. The average Bonchev–Trinajstić information content (AvgIpc) is 2.41. The largest absolute Gasteiger partial charge is 0.494 e. The van der Waals surface area contributed by atoms with Gasteiger partial charge in [0.2, 0.25) is 0 Å². The molecule has 0 bridgehead atoms. The molecule has 1 N–H and O–H groups in total. The molecule has 0 heterocycles. The fraction of sp³-hybridized carbons (Fsp3) is 0.600. The minimum Gasteiger partial charge on any atom is -0.494 e. The van der Waals surface area contributed by atoms with E-state index in [-0.39, 0.29) is 0 Å². The molecule has 1 aromatic carbocycles. The van der Waals surface area contributed by atoms with E-state index >= 15 is 0 Å². The minimum atomic E-state index is 0.390. The van der Waals surface area contributed by atoms with Crippen LogP contribution in [-0.4, -0.2) is 26.9 Å². The maximum absolute atomic E-state index is 5.45. The minimum absolute atomic E-state index is 0.390. The highest BCUT2D eigenvalue weighted by Crippen LogP contribution is 2.21. The van der Waals surface area contributed by atoms with Crippen LogP contribution in [0.1, 0.15) is 38.3 Å². The van der Waals surface area contributed by atoms with Gasteiger partial charge in [0.1, 0.15) is 5.75 Å². The molecule has 0 saturated carbocycles. The van der Waals surface area contributed by atoms with Gasteiger partial charge in [0.15, 0.2) is 0 Å². The van der Waals surface area contributed by atoms with Crippen LogP contribution in [0.25, 0.3) is 0 Å². The number of ether oxygens (including phenoxy) is 2. The molecule has 1 aromatic rings. The summed E-state index contributed by atoms with van der Waals surface area (Å²) >= 11 is 0. The zero-order chi connectivity index (χ0) is 13.2. The summed E-state index contributed by atoms with van der Waals surface area (Å²) in [5.41, 5.74) is 1.30. The van der Waals surface area contributed by atoms with Gasteiger partial charge in [0.25, 0.3) is 0 Å². The maximum Gasteiger partial charge on any atom is 0.119 e. The molecule has 0 saturated heterocycles. The van der Waals surface area contributed by atoms with Gasteiger partial charge in [-0.05, 0) is 51.4 Å². The van der Waals surface area contributed by atoms with Gasteiger partial charge in [0, 0.05) is 19.3 Å². The Bertz CT molecular complexity index is 311. The Morgan fingerprint density at radius 3 is 2.39 bits per heavy atom. The zero-order valence-corrected chi connectivity index (χ0v) is 11.7. The summed E-state index contributed by atoms with van der Waals surface area (Å²) < 4.78 is 10.8. The van der Waals surface area contributed by atoms with Crippen LogP contribution >= 0.6 is 0 Å². The van der Waals surface area contributed by atoms with Crippen molar-refractivity contribution >= 4 is 0 Å². The van der Waals surface area contributed by atoms with Crippen LogP contribution in [0, 0.1) is 0 Å². The van der Waals surface area contributed by atoms with Crippen LogP contribution in [0.4, 0.5) is 0 Å². The molecule has 18 heavy (non-hydrogen) atoms. The lowest BCUT2D eigenvalue weighted by atomic mass is 10.0. The van der Waals surface area contributed by atoms with E-state index in [9.17, 15) is 0 Å². The third-order valence-electron chi connectivity index (χ3n) is 2.93. The van der Waals surface area contributed by atoms with Crippen molar-refractivity contribution in [3.63, 3.8) is 0 Å². The summed E-state index contributed by atoms with van der Waals surface area (Å²) in [6.45, 7) is 6.38. The SMILES string of the molecule is CCOCCCC(NC)c1ccc(OCC)cc1. The van der Waals surface area contributed by atoms with Crippen molar-refractivity contribution in [2.45, 2.75) is 32.7 Å². The Labute approximate surface area is 110 Å². The summed E-state index contributed by atoms with van der Waals surface area (Å²) in [4.78, 5) is 0. The molecule has 1 rings (SSSR count). The molecular weight excluding hydrogens is 226 g/mol. The van der Waals surface area contributed by atoms with Crippen LogP contribution in [-0.2, 0) is 4.74 Å². The molecule has 0 radical (unpaired) electrons. The Morgan fingerprint density at radius 1 is 1.11 bits per heavy atom. The first kappa shape index (κ1) is 15.0. The van der Waals surface area contributed by atoms with Gasteiger partial charge in [0.05, 0.1) is 6.61 Å². The molecule has 0 aliphatic rings. The van der Waals surface area contributed by atoms with Gasteiger partial charge in [-0.25, -0.2) is 0 Å². The van der Waals surface area contributed by atoms with Gasteiger partial charge < -0.3 is 14.8 Å². The summed E-state index contributed by atoms with van der Waals surface area (Å²) in [6.07, 6.45) is 2.16. The van der Waals surface area contributed by atoms with E-state index in [0.29, 0.717) is 12.6 Å². The van der Waals surface area contributed by atoms with Crippen molar-refractivity contribution < 1.29 is 9.47 Å². The second kappa shape index (κ2) is 8.95. The Balaban J connectivity index is 2.48. The van der Waals surface area contributed by atoms with Crippen LogP contribution in [0.5, 0.6) is 5.75 Å². The first-order valence-electron chi connectivity index (χ1n) is 6.79. The summed E-state index contributed by atoms with van der Waals surface area (Å²) in [7, 11) is 2.00. The van der Waals surface area contributed by atoms with Crippen LogP contribution in [0.15, 0.2) is 24.3 Å². The third kappa shape index (κ3) is 5.07. The lowest BCUT2D eigenvalue weighted by Crippen LogP contribution is -2.16. The first-order valence-corrected chi connectivity index (χ1v) is 6.79. The van der Waals surface area contributed by atoms with Gasteiger partial charge >= 0.3 is 0 Å². The van der Waals surface area contributed by atoms with E-state index in [4.69, 9.17) is 9.47 Å². The predicted molar refractivity (Wildman–Crippen MR) is 75.1 cm³/mol. The van der Waals surface area contributed by atoms with E-state index in [2.05, 4.69) is 17.4 Å². The number of hydrogen-bond donors (Lipinski definition) is 1. The van der Waals surface area contributed by atoms with Gasteiger partial charge in [-0.1, -0.05) is 12.1 Å². The molecule has 102 valence electrons. The highest BCUT2D eigenvalue weighted by molar-refractivity contribution is 5.29. The van der Waals surface area contributed by atoms with E-state index in [1.165, 1.54) is 5.56 Å². The Morgan fingerprint density at radius 2 is 1.83 bits per heavy atom. The lowest BCUT2D eigenvalue weighted by Gasteiger charge is -2.17. The predicted octanol–water partition coefficient (Wildman–Crippen LogP) is 3.16. The molecule has 3 heteroatoms. The van der Waals surface area contributed by atoms with Crippen molar-refractivity contribution in [2.75, 3.05) is 26.9 Å². The van der Waals surface area contributed by atoms with Gasteiger partial charge in [-0.15, -0.1) is 0 Å². The lowest BCUT2D eigenvalue weighted by molar-refractivity contribution is 0.141. The molecule has 1 atom stereocenters. The van der Waals surface area contributed by atoms with E-state index in [0.717, 1.165) is 31.8 Å². The summed E-state index contributed by atoms with van der Waals surface area (Å²) in [5.74, 6) is 0.936. The average molecular weight is 251 g/mol. The molecule has 0 aliphatic carbocycles. The molecular formula is C15H25NO2. The second-order valence-corrected chi connectivity index (χ2v) is 4.18. The Hall–Kier alpha value is -1.06. The number of hydrogen-bond acceptors (Lipinski definition) is 3. The second-order valence-electron chi connectivity index (χ2n) is 4.18. The molecule has 0 spiro atoms. The molecule has 1 unspecified atom stereocenters. The normalized spacial score (nSPS) is 12.4. The van der Waals surface area contributed by atoms with Crippen molar-refractivity contribution in [3.8, 4) is 5.75 Å². The molecule has 3 nitrogen and oxygen atoms in total. The fourth-order valence-electron chi connectivity index (χ4n) is 1.97. The number of rotatable bonds is 9. The molecule has 0 aliphatic heterocycles. The quantitative estimate of drug-likeness (QED) is 0.684. The van der Waals surface area contributed by atoms with Crippen molar-refractivity contribution in [3.05, 3.63) is 29.8 Å². The smallest absolute Gasteiger partial charge is 0.119 e. The highest BCUT2D eigenvalue weighted by atomic mass is 16.5. The van der Waals surface area contributed by atoms with E-state index < -0.39 is 0 Å². The van der Waals surface area contributed by atoms with Crippen LogP contribution in [0.2, 0.25) is 0 Å². The standard InChI is InChI=1S/C15H25NO2/c1-4-17-12-6-7-15(16-3)13-8-10-14(11-9-13)18-5-2/h8-11,15-16H,4-7,12H2,1-3H3. The molecule has 0 amide bonds. The maximum atomic E-state index is 5.45. The fourth-order valence-corrected chi connectivity index (χ4v) is 1.97. The van der Waals surface area contributed by atoms with Crippen molar-refractivity contribution in [1.29, 1.82) is 0 Å². The first-order chi connectivity index (χ1) is 8.81. The number of benzene rings is 1. The van der Waals surface area contributed by atoms with Crippen molar-refractivity contribution in [2.24, 2.45) is 0 Å². The van der Waals surface area contributed by atoms with E-state index in [1.807, 2.05) is 33.0 Å². The van der Waals surface area contributed by atoms with Crippen molar-refractivity contribution in [1.82, 2.24) is 5.32 Å². The van der Waals surface area contributed by atoms with Gasteiger partial charge in [-0.3, -0.25) is 0 Å². The van der Waals surface area contributed by atoms with Gasteiger partial charge in [-0.2, -0.15) is 0 Å².